The van der Waals surface area contributed by atoms with E-state index in [0.717, 1.165) is 53.1 Å². The number of hydrogen-bond donors (Lipinski definition) is 0. The normalized spacial score (nSPS) is 15.8. The molecule has 0 aliphatic carbocycles. The summed E-state index contributed by atoms with van der Waals surface area (Å²) >= 11 is 6.89. The Morgan fingerprint density at radius 3 is 2.63 bits per heavy atom. The molecule has 1 aliphatic heterocycles. The highest BCUT2D eigenvalue weighted by atomic mass is 32.2. The van der Waals surface area contributed by atoms with Crippen molar-refractivity contribution in [3.8, 4) is 22.7 Å². The van der Waals surface area contributed by atoms with Crippen molar-refractivity contribution < 1.29 is 9.53 Å². The van der Waals surface area contributed by atoms with E-state index in [1.807, 2.05) is 66.3 Å². The molecule has 2 aromatic carbocycles. The highest BCUT2D eigenvalue weighted by Crippen LogP contribution is 2.37. The molecule has 0 bridgehead atoms. The molecule has 0 radical (unpaired) electrons. The van der Waals surface area contributed by atoms with Gasteiger partial charge >= 0.3 is 0 Å². The number of thioether (sulfide) groups is 1. The van der Waals surface area contributed by atoms with Crippen LogP contribution in [-0.4, -0.2) is 37.6 Å². The Labute approximate surface area is 217 Å². The maximum absolute atomic E-state index is 13.2. The maximum atomic E-state index is 13.2. The van der Waals surface area contributed by atoms with Crippen LogP contribution in [0.15, 0.2) is 59.6 Å². The Morgan fingerprint density at radius 1 is 1.17 bits per heavy atom. The molecule has 0 N–H and O–H groups in total. The first-order valence-electron chi connectivity index (χ1n) is 12.1. The smallest absolute Gasteiger partial charge is 0.266 e. The number of ether oxygens (including phenoxy) is 1. The fourth-order valence-electron chi connectivity index (χ4n) is 3.90. The molecule has 1 amide bonds. The Kier molecular flexibility index (Phi) is 8.08. The molecular weight excluding hydrogens is 474 g/mol. The molecule has 182 valence electrons. The minimum Gasteiger partial charge on any atom is -0.493 e. The number of aryl methyl sites for hydroxylation is 1. The van der Waals surface area contributed by atoms with Crippen LogP contribution < -0.4 is 4.74 Å². The van der Waals surface area contributed by atoms with E-state index in [-0.39, 0.29) is 11.9 Å². The van der Waals surface area contributed by atoms with E-state index < -0.39 is 0 Å². The molecule has 7 heteroatoms. The largest absolute Gasteiger partial charge is 0.493 e. The molecule has 5 nitrogen and oxygen atoms in total. The van der Waals surface area contributed by atoms with E-state index in [1.165, 1.54) is 11.8 Å². The molecule has 0 spiro atoms. The first-order valence-corrected chi connectivity index (χ1v) is 13.3. The number of nitrogens with zero attached hydrogens (tertiary/aromatic N) is 3. The number of hydrogen-bond acceptors (Lipinski definition) is 5. The van der Waals surface area contributed by atoms with Gasteiger partial charge in [0, 0.05) is 23.4 Å². The Hall–Kier alpha value is -2.90. The number of benzene rings is 2. The fourth-order valence-corrected chi connectivity index (χ4v) is 5.35. The van der Waals surface area contributed by atoms with E-state index in [4.69, 9.17) is 22.1 Å². The van der Waals surface area contributed by atoms with Crippen LogP contribution >= 0.6 is 24.0 Å². The van der Waals surface area contributed by atoms with Gasteiger partial charge in [-0.05, 0) is 68.7 Å². The molecule has 1 fully saturated rings. The third-order valence-corrected chi connectivity index (χ3v) is 7.44. The van der Waals surface area contributed by atoms with Crippen LogP contribution in [0.2, 0.25) is 0 Å². The summed E-state index contributed by atoms with van der Waals surface area (Å²) in [6, 6.07) is 16.2. The lowest BCUT2D eigenvalue weighted by Crippen LogP contribution is -2.36. The molecule has 2 heterocycles. The van der Waals surface area contributed by atoms with Gasteiger partial charge in [0.1, 0.15) is 15.8 Å². The van der Waals surface area contributed by atoms with E-state index in [2.05, 4.69) is 26.8 Å². The molecule has 1 aliphatic rings. The number of carbonyl (C=O) groups is 1. The third kappa shape index (κ3) is 5.52. The Bertz CT molecular complexity index is 1250. The zero-order chi connectivity index (χ0) is 24.9. The highest BCUT2D eigenvalue weighted by Gasteiger charge is 2.35. The maximum Gasteiger partial charge on any atom is 0.266 e. The van der Waals surface area contributed by atoms with Crippen molar-refractivity contribution in [2.24, 2.45) is 0 Å². The van der Waals surface area contributed by atoms with Gasteiger partial charge in [-0.1, -0.05) is 62.4 Å². The molecular formula is C28H31N3O2S2. The van der Waals surface area contributed by atoms with Gasteiger partial charge in [0.25, 0.3) is 5.91 Å². The highest BCUT2D eigenvalue weighted by molar-refractivity contribution is 8.26. The predicted octanol–water partition coefficient (Wildman–Crippen LogP) is 7.03. The average Bonchev–Trinajstić information content (AvgIpc) is 3.40. The summed E-state index contributed by atoms with van der Waals surface area (Å²) in [4.78, 5) is 15.5. The second-order valence-corrected chi connectivity index (χ2v) is 10.4. The van der Waals surface area contributed by atoms with Crippen LogP contribution in [0.4, 0.5) is 0 Å². The minimum absolute atomic E-state index is 0.0383. The topological polar surface area (TPSA) is 47.4 Å². The second-order valence-electron chi connectivity index (χ2n) is 8.70. The second kappa shape index (κ2) is 11.2. The van der Waals surface area contributed by atoms with E-state index >= 15 is 0 Å². The lowest BCUT2D eigenvalue weighted by atomic mass is 10.0. The number of unbranched alkanes of at least 4 members (excludes halogenated alkanes) is 1. The number of para-hydroxylation sites is 1. The van der Waals surface area contributed by atoms with Crippen molar-refractivity contribution >= 4 is 40.3 Å². The van der Waals surface area contributed by atoms with Crippen LogP contribution in [0.5, 0.6) is 5.75 Å². The van der Waals surface area contributed by atoms with Gasteiger partial charge in [-0.2, -0.15) is 5.10 Å². The van der Waals surface area contributed by atoms with Crippen molar-refractivity contribution in [2.75, 3.05) is 6.61 Å². The van der Waals surface area contributed by atoms with Gasteiger partial charge in [0.15, 0.2) is 0 Å². The molecule has 3 aromatic rings. The monoisotopic (exact) mass is 505 g/mol. The summed E-state index contributed by atoms with van der Waals surface area (Å²) in [5, 5.41) is 4.92. The summed E-state index contributed by atoms with van der Waals surface area (Å²) in [5.41, 5.74) is 4.67. The van der Waals surface area contributed by atoms with Crippen molar-refractivity contribution in [3.05, 3.63) is 70.8 Å². The molecule has 1 atom stereocenters. The first-order chi connectivity index (χ1) is 16.9. The van der Waals surface area contributed by atoms with Crippen LogP contribution in [-0.2, 0) is 4.79 Å². The van der Waals surface area contributed by atoms with Gasteiger partial charge in [0.2, 0.25) is 0 Å². The van der Waals surface area contributed by atoms with E-state index in [9.17, 15) is 4.79 Å². The SMILES string of the molecule is CCCCOc1ccc(-c2nn(-c3ccccc3)cc2/C=C2\SC(=S)N([C@H](C)CC)C2=O)cc1C. The number of amides is 1. The molecule has 35 heavy (non-hydrogen) atoms. The summed E-state index contributed by atoms with van der Waals surface area (Å²) in [5.74, 6) is 0.851. The lowest BCUT2D eigenvalue weighted by molar-refractivity contribution is -0.123. The van der Waals surface area contributed by atoms with Gasteiger partial charge in [0.05, 0.1) is 17.2 Å². The van der Waals surface area contributed by atoms with Crippen LogP contribution in [0, 0.1) is 6.92 Å². The number of rotatable bonds is 9. The zero-order valence-corrected chi connectivity index (χ0v) is 22.3. The van der Waals surface area contributed by atoms with Gasteiger partial charge in [-0.3, -0.25) is 9.69 Å². The van der Waals surface area contributed by atoms with Crippen molar-refractivity contribution in [1.29, 1.82) is 0 Å². The zero-order valence-electron chi connectivity index (χ0n) is 20.7. The standard InChI is InChI=1S/C28H31N3O2S2/c1-5-7-15-33-24-14-13-21(16-19(24)3)26-22(18-30(29-26)23-11-9-8-10-12-23)17-25-27(32)31(20(4)6-2)28(34)35-25/h8-14,16-18,20H,5-7,15H2,1-4H3/b25-17-/t20-/m1/s1. The third-order valence-electron chi connectivity index (χ3n) is 6.11. The number of carbonyl (C=O) groups excluding carboxylic acids is 1. The van der Waals surface area contributed by atoms with E-state index in [1.54, 1.807) is 4.90 Å². The fraction of sp³-hybridized carbons (Fsp3) is 0.321. The van der Waals surface area contributed by atoms with Crippen LogP contribution in [0.3, 0.4) is 0 Å². The molecule has 0 unspecified atom stereocenters. The number of thiocarbonyl (C=S) groups is 1. The van der Waals surface area contributed by atoms with Gasteiger partial charge < -0.3 is 4.74 Å². The van der Waals surface area contributed by atoms with Crippen molar-refractivity contribution in [3.63, 3.8) is 0 Å². The van der Waals surface area contributed by atoms with Crippen LogP contribution in [0.1, 0.15) is 51.2 Å². The Morgan fingerprint density at radius 2 is 1.94 bits per heavy atom. The van der Waals surface area contributed by atoms with Gasteiger partial charge in [-0.15, -0.1) is 0 Å². The molecule has 1 aromatic heterocycles. The number of aromatic nitrogens is 2. The first kappa shape index (κ1) is 25.2. The van der Waals surface area contributed by atoms with Gasteiger partial charge in [-0.25, -0.2) is 4.68 Å². The summed E-state index contributed by atoms with van der Waals surface area (Å²) in [6.45, 7) is 9.01. The van der Waals surface area contributed by atoms with E-state index in [0.29, 0.717) is 15.8 Å². The average molecular weight is 506 g/mol. The summed E-state index contributed by atoms with van der Waals surface area (Å²) in [6.07, 6.45) is 6.87. The predicted molar refractivity (Wildman–Crippen MR) is 149 cm³/mol. The quantitative estimate of drug-likeness (QED) is 0.178. The van der Waals surface area contributed by atoms with Crippen molar-refractivity contribution in [2.45, 2.75) is 53.0 Å². The molecule has 4 rings (SSSR count). The Balaban J connectivity index is 1.74. The summed E-state index contributed by atoms with van der Waals surface area (Å²) in [7, 11) is 0. The minimum atomic E-state index is -0.0383. The van der Waals surface area contributed by atoms with Crippen LogP contribution in [0.25, 0.3) is 23.0 Å². The van der Waals surface area contributed by atoms with Crippen molar-refractivity contribution in [1.82, 2.24) is 14.7 Å². The lowest BCUT2D eigenvalue weighted by Gasteiger charge is -2.21. The molecule has 0 saturated carbocycles. The summed E-state index contributed by atoms with van der Waals surface area (Å²) < 4.78 is 8.41. The molecule has 1 saturated heterocycles.